The van der Waals surface area contributed by atoms with E-state index in [-0.39, 0.29) is 12.6 Å². The van der Waals surface area contributed by atoms with E-state index < -0.39 is 24.3 Å². The SMILES string of the molecule is CCCC1CCC(CCF)CC1.Fc1cc(C2CCC(C3CCC(F)CC3)CC2)ccc1OC(F)F. The Morgan fingerprint density at radius 2 is 1.36 bits per heavy atom. The summed E-state index contributed by atoms with van der Waals surface area (Å²) in [5, 5.41) is 0. The van der Waals surface area contributed by atoms with E-state index in [1.165, 1.54) is 50.7 Å². The van der Waals surface area contributed by atoms with Gasteiger partial charge in [0, 0.05) is 0 Å². The number of halogens is 5. The van der Waals surface area contributed by atoms with Gasteiger partial charge < -0.3 is 4.74 Å². The highest BCUT2D eigenvalue weighted by atomic mass is 19.3. The molecular weight excluding hydrogens is 471 g/mol. The molecule has 36 heavy (non-hydrogen) atoms. The molecule has 0 heterocycles. The van der Waals surface area contributed by atoms with Crippen LogP contribution in [-0.4, -0.2) is 19.5 Å². The Balaban J connectivity index is 0.000000253. The fourth-order valence-corrected chi connectivity index (χ4v) is 6.81. The maximum absolute atomic E-state index is 13.9. The van der Waals surface area contributed by atoms with Crippen LogP contribution >= 0.6 is 0 Å². The molecule has 0 spiro atoms. The van der Waals surface area contributed by atoms with Gasteiger partial charge in [-0.25, -0.2) is 8.78 Å². The van der Waals surface area contributed by atoms with E-state index in [0.29, 0.717) is 30.6 Å². The minimum absolute atomic E-state index is 0.108. The van der Waals surface area contributed by atoms with Gasteiger partial charge in [-0.2, -0.15) is 8.78 Å². The maximum Gasteiger partial charge on any atom is 0.387 e. The third-order valence-corrected chi connectivity index (χ3v) is 8.96. The lowest BCUT2D eigenvalue weighted by Gasteiger charge is -2.36. The molecule has 0 amide bonds. The minimum Gasteiger partial charge on any atom is -0.432 e. The van der Waals surface area contributed by atoms with E-state index in [1.807, 2.05) is 0 Å². The third-order valence-electron chi connectivity index (χ3n) is 8.96. The Labute approximate surface area is 214 Å². The van der Waals surface area contributed by atoms with Crippen molar-refractivity contribution in [3.63, 3.8) is 0 Å². The Morgan fingerprint density at radius 1 is 0.806 bits per heavy atom. The van der Waals surface area contributed by atoms with Gasteiger partial charge in [0.05, 0.1) is 6.67 Å². The molecular formula is C30H45F5O. The van der Waals surface area contributed by atoms with Gasteiger partial charge in [0.25, 0.3) is 0 Å². The molecule has 0 radical (unpaired) electrons. The Hall–Kier alpha value is -1.33. The van der Waals surface area contributed by atoms with E-state index in [1.54, 1.807) is 6.07 Å². The smallest absolute Gasteiger partial charge is 0.387 e. The first kappa shape index (κ1) is 29.2. The van der Waals surface area contributed by atoms with E-state index in [2.05, 4.69) is 11.7 Å². The summed E-state index contributed by atoms with van der Waals surface area (Å²) in [6.07, 6.45) is 15.7. The van der Waals surface area contributed by atoms with Crippen molar-refractivity contribution in [3.8, 4) is 5.75 Å². The minimum atomic E-state index is -3.01. The molecule has 0 saturated heterocycles. The van der Waals surface area contributed by atoms with Crippen molar-refractivity contribution < 1.29 is 26.7 Å². The van der Waals surface area contributed by atoms with Gasteiger partial charge in [-0.3, -0.25) is 4.39 Å². The topological polar surface area (TPSA) is 9.23 Å². The predicted octanol–water partition coefficient (Wildman–Crippen LogP) is 10.2. The first-order chi connectivity index (χ1) is 17.4. The summed E-state index contributed by atoms with van der Waals surface area (Å²) in [5.41, 5.74) is 0.861. The van der Waals surface area contributed by atoms with Crippen LogP contribution < -0.4 is 4.74 Å². The summed E-state index contributed by atoms with van der Waals surface area (Å²) in [4.78, 5) is 0. The standard InChI is InChI=1S/C19H24F4O.C11H21F/c20-16-8-5-13(6-9-16)12-1-3-14(4-2-12)15-7-10-18(17(21)11-15)24-19(22)23;1-2-3-10-4-6-11(7-5-10)8-9-12/h7,10-14,16,19H,1-6,8-9H2;10-11H,2-9H2,1H3. The molecule has 3 aliphatic carbocycles. The average molecular weight is 517 g/mol. The van der Waals surface area contributed by atoms with Crippen LogP contribution in [0.5, 0.6) is 5.75 Å². The van der Waals surface area contributed by atoms with E-state index in [9.17, 15) is 22.0 Å². The zero-order valence-electron chi connectivity index (χ0n) is 21.9. The van der Waals surface area contributed by atoms with Gasteiger partial charge >= 0.3 is 6.61 Å². The van der Waals surface area contributed by atoms with Crippen molar-refractivity contribution in [2.75, 3.05) is 6.67 Å². The van der Waals surface area contributed by atoms with Crippen molar-refractivity contribution in [2.45, 2.75) is 122 Å². The average Bonchev–Trinajstić information content (AvgIpc) is 2.88. The number of ether oxygens (including phenoxy) is 1. The van der Waals surface area contributed by atoms with Crippen molar-refractivity contribution in [3.05, 3.63) is 29.6 Å². The summed E-state index contributed by atoms with van der Waals surface area (Å²) in [6.45, 7) is -0.864. The molecule has 1 aromatic rings. The van der Waals surface area contributed by atoms with Gasteiger partial charge in [-0.15, -0.1) is 0 Å². The van der Waals surface area contributed by atoms with Crippen molar-refractivity contribution in [1.29, 1.82) is 0 Å². The monoisotopic (exact) mass is 516 g/mol. The summed E-state index contributed by atoms with van der Waals surface area (Å²) in [6, 6.07) is 4.32. The Kier molecular flexibility index (Phi) is 12.3. The number of hydrogen-bond acceptors (Lipinski definition) is 1. The zero-order valence-corrected chi connectivity index (χ0v) is 21.9. The summed E-state index contributed by atoms with van der Waals surface area (Å²) in [5.74, 6) is 2.11. The molecule has 3 aliphatic rings. The van der Waals surface area contributed by atoms with E-state index in [0.717, 1.165) is 56.4 Å². The largest absolute Gasteiger partial charge is 0.432 e. The normalized spacial score (nSPS) is 31.0. The second kappa shape index (κ2) is 15.2. The summed E-state index contributed by atoms with van der Waals surface area (Å²) in [7, 11) is 0. The third kappa shape index (κ3) is 9.20. The van der Waals surface area contributed by atoms with Gasteiger partial charge in [-0.1, -0.05) is 51.5 Å². The molecule has 3 fully saturated rings. The fourth-order valence-electron chi connectivity index (χ4n) is 6.81. The first-order valence-corrected chi connectivity index (χ1v) is 14.3. The highest BCUT2D eigenvalue weighted by Gasteiger charge is 2.31. The zero-order chi connectivity index (χ0) is 25.9. The van der Waals surface area contributed by atoms with E-state index in [4.69, 9.17) is 0 Å². The number of benzene rings is 1. The quantitative estimate of drug-likeness (QED) is 0.312. The molecule has 4 rings (SSSR count). The summed E-state index contributed by atoms with van der Waals surface area (Å²) >= 11 is 0. The molecule has 0 atom stereocenters. The number of hydrogen-bond donors (Lipinski definition) is 0. The molecule has 6 heteroatoms. The second-order valence-electron chi connectivity index (χ2n) is 11.3. The summed E-state index contributed by atoms with van der Waals surface area (Å²) < 4.78 is 67.7. The molecule has 206 valence electrons. The molecule has 1 nitrogen and oxygen atoms in total. The molecule has 0 bridgehead atoms. The second-order valence-corrected chi connectivity index (χ2v) is 11.3. The first-order valence-electron chi connectivity index (χ1n) is 14.3. The lowest BCUT2D eigenvalue weighted by atomic mass is 9.69. The molecule has 0 unspecified atom stereocenters. The van der Waals surface area contributed by atoms with Crippen molar-refractivity contribution >= 4 is 0 Å². The molecule has 0 aromatic heterocycles. The Bertz CT molecular complexity index is 719. The van der Waals surface area contributed by atoms with Crippen LogP contribution in [0, 0.1) is 29.5 Å². The lowest BCUT2D eigenvalue weighted by Crippen LogP contribution is -2.25. The maximum atomic E-state index is 13.9. The molecule has 0 aliphatic heterocycles. The van der Waals surface area contributed by atoms with Crippen molar-refractivity contribution in [2.24, 2.45) is 23.7 Å². The molecule has 0 N–H and O–H groups in total. The number of rotatable bonds is 8. The van der Waals surface area contributed by atoms with Gasteiger partial charge in [0.1, 0.15) is 6.17 Å². The van der Waals surface area contributed by atoms with Gasteiger partial charge in [0.2, 0.25) is 0 Å². The van der Waals surface area contributed by atoms with Crippen molar-refractivity contribution in [1.82, 2.24) is 0 Å². The van der Waals surface area contributed by atoms with Gasteiger partial charge in [0.15, 0.2) is 11.6 Å². The highest BCUT2D eigenvalue weighted by molar-refractivity contribution is 5.31. The van der Waals surface area contributed by atoms with E-state index >= 15 is 0 Å². The van der Waals surface area contributed by atoms with Gasteiger partial charge in [-0.05, 0) is 105 Å². The lowest BCUT2D eigenvalue weighted by molar-refractivity contribution is -0.0522. The van der Waals surface area contributed by atoms with Crippen LogP contribution in [0.4, 0.5) is 22.0 Å². The number of alkyl halides is 4. The van der Waals surface area contributed by atoms with Crippen LogP contribution in [0.15, 0.2) is 18.2 Å². The van der Waals surface area contributed by atoms with Crippen LogP contribution in [0.2, 0.25) is 0 Å². The molecule has 1 aromatic carbocycles. The van der Waals surface area contributed by atoms with Crippen LogP contribution in [-0.2, 0) is 0 Å². The predicted molar refractivity (Wildman–Crippen MR) is 136 cm³/mol. The van der Waals surface area contributed by atoms with Crippen LogP contribution in [0.1, 0.15) is 115 Å². The fraction of sp³-hybridized carbons (Fsp3) is 0.800. The van der Waals surface area contributed by atoms with Crippen LogP contribution in [0.3, 0.4) is 0 Å². The van der Waals surface area contributed by atoms with Crippen LogP contribution in [0.25, 0.3) is 0 Å². The highest BCUT2D eigenvalue weighted by Crippen LogP contribution is 2.43. The Morgan fingerprint density at radius 3 is 1.86 bits per heavy atom. The molecule has 3 saturated carbocycles.